The van der Waals surface area contributed by atoms with Crippen molar-refractivity contribution in [1.82, 2.24) is 0 Å². The summed E-state index contributed by atoms with van der Waals surface area (Å²) >= 11 is 0. The van der Waals surface area contributed by atoms with E-state index in [0.717, 1.165) is 0 Å². The van der Waals surface area contributed by atoms with Gasteiger partial charge in [-0.05, 0) is 19.4 Å². The average molecular weight is 238 g/mol. The zero-order valence-electron chi connectivity index (χ0n) is 9.51. The topological polar surface area (TPSA) is 87.6 Å². The molecule has 1 aliphatic heterocycles. The van der Waals surface area contributed by atoms with Crippen LogP contribution in [0, 0.1) is 10.1 Å². The number of benzene rings is 1. The Labute approximate surface area is 98.5 Å². The Hall–Kier alpha value is -1.82. The van der Waals surface area contributed by atoms with Crippen molar-refractivity contribution in [3.8, 4) is 11.5 Å². The Kier molecular flexibility index (Phi) is 3.14. The van der Waals surface area contributed by atoms with Crippen LogP contribution in [0.4, 0.5) is 5.69 Å². The van der Waals surface area contributed by atoms with Gasteiger partial charge >= 0.3 is 0 Å². The van der Waals surface area contributed by atoms with Gasteiger partial charge in [-0.3, -0.25) is 10.1 Å². The number of hydrogen-bond donors (Lipinski definition) is 1. The van der Waals surface area contributed by atoms with E-state index in [1.54, 1.807) is 13.0 Å². The van der Waals surface area contributed by atoms with Gasteiger partial charge in [0.05, 0.1) is 11.0 Å². The fourth-order valence-corrected chi connectivity index (χ4v) is 1.80. The van der Waals surface area contributed by atoms with Crippen molar-refractivity contribution in [1.29, 1.82) is 0 Å². The lowest BCUT2D eigenvalue weighted by Gasteiger charge is -2.19. The zero-order valence-corrected chi connectivity index (χ0v) is 9.51. The average Bonchev–Trinajstić information content (AvgIpc) is 2.27. The number of hydrogen-bond acceptors (Lipinski definition) is 5. The third-order valence-corrected chi connectivity index (χ3v) is 2.48. The van der Waals surface area contributed by atoms with Crippen molar-refractivity contribution in [3.05, 3.63) is 27.8 Å². The number of fused-ring (bicyclic) bond motifs is 1. The first-order valence-corrected chi connectivity index (χ1v) is 5.40. The van der Waals surface area contributed by atoms with Crippen molar-refractivity contribution < 1.29 is 14.4 Å². The van der Waals surface area contributed by atoms with E-state index in [4.69, 9.17) is 15.2 Å². The Morgan fingerprint density at radius 1 is 1.41 bits per heavy atom. The Morgan fingerprint density at radius 3 is 2.53 bits per heavy atom. The fraction of sp³-hybridized carbons (Fsp3) is 0.455. The van der Waals surface area contributed by atoms with Crippen LogP contribution in [-0.4, -0.2) is 24.2 Å². The van der Waals surface area contributed by atoms with Crippen LogP contribution in [0.5, 0.6) is 11.5 Å². The van der Waals surface area contributed by atoms with Crippen LogP contribution in [0.3, 0.4) is 0 Å². The van der Waals surface area contributed by atoms with Crippen LogP contribution in [0.25, 0.3) is 0 Å². The summed E-state index contributed by atoms with van der Waals surface area (Å²) in [6, 6.07) is 2.92. The second kappa shape index (κ2) is 4.58. The smallest absolute Gasteiger partial charge is 0.276 e. The van der Waals surface area contributed by atoms with Gasteiger partial charge in [-0.1, -0.05) is 0 Å². The van der Waals surface area contributed by atoms with Gasteiger partial charge in [-0.2, -0.15) is 0 Å². The summed E-state index contributed by atoms with van der Waals surface area (Å²) < 4.78 is 10.7. The summed E-state index contributed by atoms with van der Waals surface area (Å²) in [6.45, 7) is 2.68. The third-order valence-electron chi connectivity index (χ3n) is 2.48. The highest BCUT2D eigenvalue weighted by Crippen LogP contribution is 2.36. The van der Waals surface area contributed by atoms with Gasteiger partial charge in [0.2, 0.25) is 0 Å². The summed E-state index contributed by atoms with van der Waals surface area (Å²) in [5.74, 6) is 0.980. The summed E-state index contributed by atoms with van der Waals surface area (Å²) in [6.07, 6.45) is 0.437. The Bertz CT molecular complexity index is 445. The number of nitrogens with zero attached hydrogens (tertiary/aromatic N) is 1. The number of ether oxygens (including phenoxy) is 2. The molecule has 6 nitrogen and oxygen atoms in total. The maximum atomic E-state index is 11.0. The first-order valence-electron chi connectivity index (χ1n) is 5.40. The lowest BCUT2D eigenvalue weighted by Crippen LogP contribution is -2.20. The van der Waals surface area contributed by atoms with Gasteiger partial charge in [0.1, 0.15) is 13.2 Å². The second-order valence-electron chi connectivity index (χ2n) is 4.06. The van der Waals surface area contributed by atoms with Crippen LogP contribution in [-0.2, 0) is 6.42 Å². The molecule has 1 heterocycles. The highest BCUT2D eigenvalue weighted by atomic mass is 16.6. The van der Waals surface area contributed by atoms with Crippen molar-refractivity contribution in [2.75, 3.05) is 13.2 Å². The number of rotatable bonds is 3. The number of nitro benzene ring substituents is 1. The van der Waals surface area contributed by atoms with E-state index in [0.29, 0.717) is 36.7 Å². The largest absolute Gasteiger partial charge is 0.486 e. The van der Waals surface area contributed by atoms with Crippen LogP contribution >= 0.6 is 0 Å². The van der Waals surface area contributed by atoms with Crippen molar-refractivity contribution in [3.63, 3.8) is 0 Å². The zero-order chi connectivity index (χ0) is 12.4. The summed E-state index contributed by atoms with van der Waals surface area (Å²) in [5.41, 5.74) is 6.29. The minimum Gasteiger partial charge on any atom is -0.486 e. The summed E-state index contributed by atoms with van der Waals surface area (Å²) in [5, 5.41) is 11.0. The molecule has 0 fully saturated rings. The molecule has 1 atom stereocenters. The van der Waals surface area contributed by atoms with Crippen LogP contribution in [0.2, 0.25) is 0 Å². The molecule has 17 heavy (non-hydrogen) atoms. The lowest BCUT2D eigenvalue weighted by atomic mass is 10.0. The van der Waals surface area contributed by atoms with E-state index in [2.05, 4.69) is 0 Å². The first kappa shape index (κ1) is 11.7. The first-order chi connectivity index (χ1) is 8.08. The van der Waals surface area contributed by atoms with Gasteiger partial charge in [0.15, 0.2) is 11.5 Å². The molecule has 2 N–H and O–H groups in total. The van der Waals surface area contributed by atoms with Gasteiger partial charge in [0, 0.05) is 11.6 Å². The van der Waals surface area contributed by atoms with Gasteiger partial charge in [0.25, 0.3) is 5.69 Å². The minimum absolute atomic E-state index is 0.0338. The predicted octanol–water partition coefficient (Wildman–Crippen LogP) is 1.26. The molecule has 0 spiro atoms. The molecule has 92 valence electrons. The molecule has 1 aromatic carbocycles. The highest BCUT2D eigenvalue weighted by molar-refractivity contribution is 5.55. The van der Waals surface area contributed by atoms with Gasteiger partial charge < -0.3 is 15.2 Å². The fourth-order valence-electron chi connectivity index (χ4n) is 1.80. The third kappa shape index (κ3) is 2.47. The quantitative estimate of drug-likeness (QED) is 0.632. The highest BCUT2D eigenvalue weighted by Gasteiger charge is 2.22. The molecule has 2 rings (SSSR count). The maximum Gasteiger partial charge on any atom is 0.276 e. The normalized spacial score (nSPS) is 15.4. The van der Waals surface area contributed by atoms with E-state index in [-0.39, 0.29) is 11.7 Å². The van der Waals surface area contributed by atoms with E-state index in [1.807, 2.05) is 0 Å². The molecule has 0 radical (unpaired) electrons. The summed E-state index contributed by atoms with van der Waals surface area (Å²) in [4.78, 5) is 10.5. The predicted molar refractivity (Wildman–Crippen MR) is 61.4 cm³/mol. The lowest BCUT2D eigenvalue weighted by molar-refractivity contribution is -0.385. The van der Waals surface area contributed by atoms with Crippen LogP contribution < -0.4 is 15.2 Å². The van der Waals surface area contributed by atoms with Crippen molar-refractivity contribution in [2.45, 2.75) is 19.4 Å². The van der Waals surface area contributed by atoms with Gasteiger partial charge in [-0.25, -0.2) is 0 Å². The van der Waals surface area contributed by atoms with E-state index >= 15 is 0 Å². The van der Waals surface area contributed by atoms with Crippen LogP contribution in [0.15, 0.2) is 12.1 Å². The van der Waals surface area contributed by atoms with Crippen LogP contribution in [0.1, 0.15) is 12.5 Å². The monoisotopic (exact) mass is 238 g/mol. The van der Waals surface area contributed by atoms with Crippen molar-refractivity contribution >= 4 is 5.69 Å². The molecule has 0 aliphatic carbocycles. The summed E-state index contributed by atoms with van der Waals surface area (Å²) in [7, 11) is 0. The molecule has 0 saturated heterocycles. The molecule has 6 heteroatoms. The Morgan fingerprint density at radius 2 is 2.00 bits per heavy atom. The molecule has 1 aliphatic rings. The molecule has 0 amide bonds. The standard InChI is InChI=1S/C11H14N2O4/c1-7(12)4-8-5-10-11(17-3-2-16-10)6-9(8)13(14)15/h5-7H,2-4,12H2,1H3. The van der Waals surface area contributed by atoms with E-state index in [1.165, 1.54) is 6.07 Å². The van der Waals surface area contributed by atoms with E-state index in [9.17, 15) is 10.1 Å². The second-order valence-corrected chi connectivity index (χ2v) is 4.06. The molecular weight excluding hydrogens is 224 g/mol. The molecular formula is C11H14N2O4. The molecule has 0 saturated carbocycles. The Balaban J connectivity index is 2.44. The minimum atomic E-state index is -0.421. The molecule has 0 bridgehead atoms. The molecule has 0 aromatic heterocycles. The SMILES string of the molecule is CC(N)Cc1cc2c(cc1[N+](=O)[O-])OCCO2. The maximum absolute atomic E-state index is 11.0. The van der Waals surface area contributed by atoms with E-state index < -0.39 is 4.92 Å². The van der Waals surface area contributed by atoms with Crippen molar-refractivity contribution in [2.24, 2.45) is 5.73 Å². The van der Waals surface area contributed by atoms with Gasteiger partial charge in [-0.15, -0.1) is 0 Å². The molecule has 1 aromatic rings. The number of nitro groups is 1. The molecule has 1 unspecified atom stereocenters. The number of nitrogens with two attached hydrogens (primary N) is 1.